The Morgan fingerprint density at radius 3 is 2.62 bits per heavy atom. The molecule has 0 saturated carbocycles. The summed E-state index contributed by atoms with van der Waals surface area (Å²) in [5.41, 5.74) is 2.77. The van der Waals surface area contributed by atoms with Crippen LogP contribution < -0.4 is 9.47 Å². The van der Waals surface area contributed by atoms with Gasteiger partial charge in [-0.05, 0) is 30.7 Å². The first kappa shape index (κ1) is 19.0. The minimum Gasteiger partial charge on any atom is -0.493 e. The van der Waals surface area contributed by atoms with Gasteiger partial charge < -0.3 is 18.4 Å². The van der Waals surface area contributed by atoms with Crippen LogP contribution in [0.15, 0.2) is 56.6 Å². The topological polar surface area (TPSA) is 96.3 Å². The highest BCUT2D eigenvalue weighted by Gasteiger charge is 2.15. The summed E-state index contributed by atoms with van der Waals surface area (Å²) in [5, 5.41) is 12.6. The molecular formula is C20H18N4O4S. The third-order valence-corrected chi connectivity index (χ3v) is 5.01. The van der Waals surface area contributed by atoms with Crippen LogP contribution in [0, 0.1) is 6.92 Å². The second-order valence-corrected chi connectivity index (χ2v) is 6.98. The second-order valence-electron chi connectivity index (χ2n) is 6.06. The molecule has 0 fully saturated rings. The van der Waals surface area contributed by atoms with Crippen molar-refractivity contribution in [2.45, 2.75) is 17.9 Å². The van der Waals surface area contributed by atoms with Crippen LogP contribution in [0.25, 0.3) is 22.8 Å². The van der Waals surface area contributed by atoms with Gasteiger partial charge in [-0.15, -0.1) is 10.2 Å². The van der Waals surface area contributed by atoms with Gasteiger partial charge in [0.1, 0.15) is 0 Å². The van der Waals surface area contributed by atoms with Gasteiger partial charge >= 0.3 is 0 Å². The van der Waals surface area contributed by atoms with E-state index in [4.69, 9.17) is 18.4 Å². The quantitative estimate of drug-likeness (QED) is 0.411. The van der Waals surface area contributed by atoms with E-state index in [-0.39, 0.29) is 0 Å². The van der Waals surface area contributed by atoms with Crippen molar-refractivity contribution in [2.75, 3.05) is 14.2 Å². The van der Waals surface area contributed by atoms with Crippen LogP contribution in [0.2, 0.25) is 0 Å². The zero-order valence-corrected chi connectivity index (χ0v) is 16.9. The third kappa shape index (κ3) is 4.09. The van der Waals surface area contributed by atoms with Crippen molar-refractivity contribution >= 4 is 11.8 Å². The first-order valence-electron chi connectivity index (χ1n) is 8.75. The minimum atomic E-state index is 0.389. The van der Waals surface area contributed by atoms with Gasteiger partial charge in [-0.2, -0.15) is 4.98 Å². The smallest absolute Gasteiger partial charge is 0.277 e. The fourth-order valence-electron chi connectivity index (χ4n) is 2.72. The molecule has 8 nitrogen and oxygen atoms in total. The van der Waals surface area contributed by atoms with Gasteiger partial charge in [0, 0.05) is 11.1 Å². The van der Waals surface area contributed by atoms with E-state index in [2.05, 4.69) is 20.3 Å². The van der Waals surface area contributed by atoms with Crippen molar-refractivity contribution in [3.63, 3.8) is 0 Å². The van der Waals surface area contributed by atoms with Crippen molar-refractivity contribution in [2.24, 2.45) is 0 Å². The van der Waals surface area contributed by atoms with E-state index in [0.717, 1.165) is 16.7 Å². The zero-order valence-electron chi connectivity index (χ0n) is 16.1. The first-order chi connectivity index (χ1) is 14.2. The number of aromatic nitrogens is 4. The summed E-state index contributed by atoms with van der Waals surface area (Å²) in [5.74, 6) is 3.08. The van der Waals surface area contributed by atoms with Crippen molar-refractivity contribution in [1.29, 1.82) is 0 Å². The Kier molecular flexibility index (Phi) is 5.48. The van der Waals surface area contributed by atoms with E-state index in [1.165, 1.54) is 11.8 Å². The molecule has 0 unspecified atom stereocenters. The molecular weight excluding hydrogens is 392 g/mol. The molecule has 0 N–H and O–H groups in total. The Labute approximate surface area is 171 Å². The number of benzene rings is 2. The number of ether oxygens (including phenoxy) is 2. The van der Waals surface area contributed by atoms with Crippen LogP contribution in [0.5, 0.6) is 11.5 Å². The van der Waals surface area contributed by atoms with Gasteiger partial charge in [0.05, 0.1) is 20.0 Å². The molecule has 0 atom stereocenters. The van der Waals surface area contributed by atoms with Gasteiger partial charge in [0.2, 0.25) is 17.6 Å². The number of aryl methyl sites for hydroxylation is 1. The minimum absolute atomic E-state index is 0.389. The van der Waals surface area contributed by atoms with E-state index < -0.39 is 0 Å². The van der Waals surface area contributed by atoms with Crippen molar-refractivity contribution in [1.82, 2.24) is 20.3 Å². The van der Waals surface area contributed by atoms with Gasteiger partial charge in [-0.1, -0.05) is 41.2 Å². The van der Waals surface area contributed by atoms with E-state index in [1.807, 2.05) is 37.3 Å². The average Bonchev–Trinajstić information content (AvgIpc) is 3.42. The van der Waals surface area contributed by atoms with Gasteiger partial charge in [-0.25, -0.2) is 0 Å². The van der Waals surface area contributed by atoms with E-state index in [1.54, 1.807) is 26.4 Å². The molecule has 4 rings (SSSR count). The van der Waals surface area contributed by atoms with Gasteiger partial charge in [0.15, 0.2) is 11.5 Å². The number of hydrogen-bond acceptors (Lipinski definition) is 9. The molecule has 0 amide bonds. The predicted molar refractivity (Wildman–Crippen MR) is 107 cm³/mol. The predicted octanol–water partition coefficient (Wildman–Crippen LogP) is 4.40. The monoisotopic (exact) mass is 410 g/mol. The number of methoxy groups -OCH3 is 2. The van der Waals surface area contributed by atoms with E-state index in [9.17, 15) is 0 Å². The SMILES string of the molecule is COc1ccc(-c2nnc(SCc3nc(-c4ccccc4C)no3)o2)cc1OC. The average molecular weight is 410 g/mol. The number of thioether (sulfide) groups is 1. The lowest BCUT2D eigenvalue weighted by atomic mass is 10.1. The Balaban J connectivity index is 1.45. The molecule has 0 spiro atoms. The van der Waals surface area contributed by atoms with Crippen molar-refractivity contribution in [3.8, 4) is 34.3 Å². The zero-order chi connectivity index (χ0) is 20.2. The summed E-state index contributed by atoms with van der Waals surface area (Å²) in [7, 11) is 3.16. The normalized spacial score (nSPS) is 10.9. The fraction of sp³-hybridized carbons (Fsp3) is 0.200. The molecule has 0 aliphatic rings. The summed E-state index contributed by atoms with van der Waals surface area (Å²) >= 11 is 1.33. The van der Waals surface area contributed by atoms with E-state index >= 15 is 0 Å². The molecule has 0 saturated heterocycles. The fourth-order valence-corrected chi connectivity index (χ4v) is 3.32. The van der Waals surface area contributed by atoms with Crippen LogP contribution >= 0.6 is 11.8 Å². The molecule has 2 aromatic carbocycles. The first-order valence-corrected chi connectivity index (χ1v) is 9.74. The van der Waals surface area contributed by atoms with Crippen molar-refractivity contribution < 1.29 is 18.4 Å². The lowest BCUT2D eigenvalue weighted by Crippen LogP contribution is -1.90. The van der Waals surface area contributed by atoms with Gasteiger partial charge in [0.25, 0.3) is 5.22 Å². The number of nitrogens with zero attached hydrogens (tertiary/aromatic N) is 4. The Hall–Kier alpha value is -3.33. The molecule has 29 heavy (non-hydrogen) atoms. The molecule has 4 aromatic rings. The Morgan fingerprint density at radius 2 is 1.83 bits per heavy atom. The van der Waals surface area contributed by atoms with E-state index in [0.29, 0.717) is 40.1 Å². The largest absolute Gasteiger partial charge is 0.493 e. The maximum absolute atomic E-state index is 5.73. The highest BCUT2D eigenvalue weighted by atomic mass is 32.2. The molecule has 148 valence electrons. The lowest BCUT2D eigenvalue weighted by Gasteiger charge is -2.07. The van der Waals surface area contributed by atoms with Crippen LogP contribution in [0.3, 0.4) is 0 Å². The molecule has 0 aliphatic heterocycles. The maximum atomic E-state index is 5.73. The summed E-state index contributed by atoms with van der Waals surface area (Å²) in [6.07, 6.45) is 0. The summed E-state index contributed by atoms with van der Waals surface area (Å²) in [6.45, 7) is 2.01. The van der Waals surface area contributed by atoms with Crippen LogP contribution in [-0.2, 0) is 5.75 Å². The van der Waals surface area contributed by atoms with Crippen LogP contribution in [0.4, 0.5) is 0 Å². The summed E-state index contributed by atoms with van der Waals surface area (Å²) < 4.78 is 21.6. The number of rotatable bonds is 7. The molecule has 2 heterocycles. The number of hydrogen-bond donors (Lipinski definition) is 0. The summed E-state index contributed by atoms with van der Waals surface area (Å²) in [6, 6.07) is 13.3. The Morgan fingerprint density at radius 1 is 1.00 bits per heavy atom. The third-order valence-electron chi connectivity index (χ3n) is 4.21. The van der Waals surface area contributed by atoms with Crippen LogP contribution in [-0.4, -0.2) is 34.6 Å². The second kappa shape index (κ2) is 8.36. The summed E-state index contributed by atoms with van der Waals surface area (Å²) in [4.78, 5) is 4.44. The van der Waals surface area contributed by atoms with Gasteiger partial charge in [-0.3, -0.25) is 0 Å². The highest BCUT2D eigenvalue weighted by molar-refractivity contribution is 7.98. The standard InChI is InChI=1S/C20H18N4O4S/c1-12-6-4-5-7-14(12)18-21-17(28-24-18)11-29-20-23-22-19(27-20)13-8-9-15(25-2)16(10-13)26-3/h4-10H,11H2,1-3H3. The highest BCUT2D eigenvalue weighted by Crippen LogP contribution is 2.33. The molecule has 0 aliphatic carbocycles. The molecule has 2 aromatic heterocycles. The van der Waals surface area contributed by atoms with Crippen molar-refractivity contribution in [3.05, 3.63) is 53.9 Å². The maximum Gasteiger partial charge on any atom is 0.277 e. The lowest BCUT2D eigenvalue weighted by molar-refractivity contribution is 0.355. The Bertz CT molecular complexity index is 1130. The molecule has 0 bridgehead atoms. The van der Waals surface area contributed by atoms with Crippen LogP contribution in [0.1, 0.15) is 11.5 Å². The molecule has 9 heteroatoms. The molecule has 0 radical (unpaired) electrons.